The van der Waals surface area contributed by atoms with Crippen molar-refractivity contribution in [2.45, 2.75) is 58.5 Å². The van der Waals surface area contributed by atoms with Crippen LogP contribution in [0.15, 0.2) is 48.5 Å². The lowest BCUT2D eigenvalue weighted by molar-refractivity contribution is -0.119. The standard InChI is InChI=1S/C24H32N2O2/c1-3-5-24(28)26(21-10-6-19(4-2)7-11-21)22-14-16-25(17-15-22)18-20-8-12-23(27)13-9-20/h6-13,22,27H,3-5,14-18H2,1-2H3. The molecule has 0 unspecified atom stereocenters. The van der Waals surface area contributed by atoms with Gasteiger partial charge in [0.25, 0.3) is 0 Å². The molecule has 2 aromatic carbocycles. The second-order valence-electron chi connectivity index (χ2n) is 7.71. The van der Waals surface area contributed by atoms with Crippen molar-refractivity contribution in [3.63, 3.8) is 0 Å². The van der Waals surface area contributed by atoms with Crippen LogP contribution in [0.25, 0.3) is 0 Å². The van der Waals surface area contributed by atoms with Crippen molar-refractivity contribution in [2.24, 2.45) is 0 Å². The molecule has 2 aromatic rings. The number of aryl methyl sites for hydroxylation is 1. The third-order valence-corrected chi connectivity index (χ3v) is 5.62. The Morgan fingerprint density at radius 3 is 2.18 bits per heavy atom. The highest BCUT2D eigenvalue weighted by Crippen LogP contribution is 2.26. The van der Waals surface area contributed by atoms with Crippen molar-refractivity contribution in [1.29, 1.82) is 0 Å². The first-order valence-electron chi connectivity index (χ1n) is 10.5. The number of aromatic hydroxyl groups is 1. The second-order valence-corrected chi connectivity index (χ2v) is 7.71. The molecule has 0 aliphatic carbocycles. The van der Waals surface area contributed by atoms with Crippen LogP contribution in [-0.2, 0) is 17.8 Å². The molecule has 1 heterocycles. The molecule has 0 atom stereocenters. The summed E-state index contributed by atoms with van der Waals surface area (Å²) in [6.07, 6.45) is 4.47. The fourth-order valence-electron chi connectivity index (χ4n) is 3.98. The first-order chi connectivity index (χ1) is 13.6. The van der Waals surface area contributed by atoms with Gasteiger partial charge in [-0.3, -0.25) is 9.69 Å². The molecule has 4 nitrogen and oxygen atoms in total. The predicted molar refractivity (Wildman–Crippen MR) is 115 cm³/mol. The molecule has 0 bridgehead atoms. The Kier molecular flexibility index (Phi) is 7.10. The zero-order chi connectivity index (χ0) is 19.9. The zero-order valence-electron chi connectivity index (χ0n) is 17.1. The number of benzene rings is 2. The van der Waals surface area contributed by atoms with Crippen LogP contribution in [0.4, 0.5) is 5.69 Å². The van der Waals surface area contributed by atoms with Crippen molar-refractivity contribution in [1.82, 2.24) is 4.90 Å². The van der Waals surface area contributed by atoms with Crippen LogP contribution < -0.4 is 4.90 Å². The summed E-state index contributed by atoms with van der Waals surface area (Å²) in [5.41, 5.74) is 3.55. The minimum atomic E-state index is 0.240. The summed E-state index contributed by atoms with van der Waals surface area (Å²) in [6.45, 7) is 7.07. The van der Waals surface area contributed by atoms with Crippen LogP contribution in [0.1, 0.15) is 50.7 Å². The number of carbonyl (C=O) groups is 1. The van der Waals surface area contributed by atoms with E-state index >= 15 is 0 Å². The van der Waals surface area contributed by atoms with Gasteiger partial charge in [0.05, 0.1) is 0 Å². The number of hydrogen-bond donors (Lipinski definition) is 1. The maximum atomic E-state index is 12.9. The third-order valence-electron chi connectivity index (χ3n) is 5.62. The number of phenolic OH excluding ortho intramolecular Hbond substituents is 1. The number of nitrogens with zero attached hydrogens (tertiary/aromatic N) is 2. The second kappa shape index (κ2) is 9.74. The van der Waals surface area contributed by atoms with E-state index in [0.717, 1.165) is 51.0 Å². The monoisotopic (exact) mass is 380 g/mol. The molecule has 28 heavy (non-hydrogen) atoms. The normalized spacial score (nSPS) is 15.5. The van der Waals surface area contributed by atoms with Crippen LogP contribution >= 0.6 is 0 Å². The predicted octanol–water partition coefficient (Wildman–Crippen LogP) is 4.75. The number of likely N-dealkylation sites (tertiary alicyclic amines) is 1. The zero-order valence-corrected chi connectivity index (χ0v) is 17.1. The topological polar surface area (TPSA) is 43.8 Å². The number of phenols is 1. The van der Waals surface area contributed by atoms with Crippen LogP contribution in [0, 0.1) is 0 Å². The van der Waals surface area contributed by atoms with Gasteiger partial charge in [-0.25, -0.2) is 0 Å². The van der Waals surface area contributed by atoms with Gasteiger partial charge < -0.3 is 10.0 Å². The number of anilines is 1. The Hall–Kier alpha value is -2.33. The van der Waals surface area contributed by atoms with Crippen molar-refractivity contribution in [2.75, 3.05) is 18.0 Å². The van der Waals surface area contributed by atoms with E-state index < -0.39 is 0 Å². The Labute approximate surface area is 168 Å². The summed E-state index contributed by atoms with van der Waals surface area (Å²) in [4.78, 5) is 17.4. The van der Waals surface area contributed by atoms with Gasteiger partial charge in [0.1, 0.15) is 5.75 Å². The van der Waals surface area contributed by atoms with E-state index in [4.69, 9.17) is 0 Å². The number of rotatable bonds is 7. The molecule has 150 valence electrons. The lowest BCUT2D eigenvalue weighted by Gasteiger charge is -2.38. The Morgan fingerprint density at radius 2 is 1.61 bits per heavy atom. The molecular formula is C24H32N2O2. The molecule has 0 saturated carbocycles. The highest BCUT2D eigenvalue weighted by Gasteiger charge is 2.28. The SMILES string of the molecule is CCCC(=O)N(c1ccc(CC)cc1)C1CCN(Cc2ccc(O)cc2)CC1. The smallest absolute Gasteiger partial charge is 0.227 e. The molecule has 0 radical (unpaired) electrons. The third kappa shape index (κ3) is 5.14. The van der Waals surface area contributed by atoms with Crippen molar-refractivity contribution in [3.8, 4) is 5.75 Å². The van der Waals surface area contributed by atoms with E-state index in [1.54, 1.807) is 12.1 Å². The van der Waals surface area contributed by atoms with Crippen molar-refractivity contribution >= 4 is 11.6 Å². The molecule has 1 N–H and O–H groups in total. The van der Waals surface area contributed by atoms with Crippen LogP contribution in [0.2, 0.25) is 0 Å². The van der Waals surface area contributed by atoms with Crippen LogP contribution in [0.5, 0.6) is 5.75 Å². The molecular weight excluding hydrogens is 348 g/mol. The molecule has 4 heteroatoms. The first-order valence-corrected chi connectivity index (χ1v) is 10.5. The van der Waals surface area contributed by atoms with Gasteiger partial charge in [-0.15, -0.1) is 0 Å². The molecule has 0 aromatic heterocycles. The van der Waals surface area contributed by atoms with E-state index in [1.807, 2.05) is 12.1 Å². The fourth-order valence-corrected chi connectivity index (χ4v) is 3.98. The maximum Gasteiger partial charge on any atom is 0.227 e. The van der Waals surface area contributed by atoms with E-state index in [9.17, 15) is 9.90 Å². The molecule has 1 aliphatic heterocycles. The molecule has 1 amide bonds. The van der Waals surface area contributed by atoms with Crippen LogP contribution in [0.3, 0.4) is 0 Å². The maximum absolute atomic E-state index is 12.9. The average Bonchev–Trinajstić information content (AvgIpc) is 2.72. The molecule has 1 aliphatic rings. The summed E-state index contributed by atoms with van der Waals surface area (Å²) >= 11 is 0. The highest BCUT2D eigenvalue weighted by atomic mass is 16.3. The summed E-state index contributed by atoms with van der Waals surface area (Å²) in [5, 5.41) is 9.44. The fraction of sp³-hybridized carbons (Fsp3) is 0.458. The lowest BCUT2D eigenvalue weighted by atomic mass is 10.00. The number of piperidine rings is 1. The average molecular weight is 381 g/mol. The molecule has 3 rings (SSSR count). The molecule has 0 spiro atoms. The Balaban J connectivity index is 1.66. The molecule has 1 saturated heterocycles. The lowest BCUT2D eigenvalue weighted by Crippen LogP contribution is -2.47. The number of hydrogen-bond acceptors (Lipinski definition) is 3. The summed E-state index contributed by atoms with van der Waals surface area (Å²) in [5.74, 6) is 0.547. The Morgan fingerprint density at radius 1 is 1.00 bits per heavy atom. The highest BCUT2D eigenvalue weighted by molar-refractivity contribution is 5.94. The van der Waals surface area contributed by atoms with Crippen LogP contribution in [-0.4, -0.2) is 35.0 Å². The van der Waals surface area contributed by atoms with E-state index in [1.165, 1.54) is 11.1 Å². The largest absolute Gasteiger partial charge is 0.508 e. The first kappa shape index (κ1) is 20.4. The van der Waals surface area contributed by atoms with Gasteiger partial charge in [-0.05, 0) is 61.1 Å². The van der Waals surface area contributed by atoms with Gasteiger partial charge >= 0.3 is 0 Å². The van der Waals surface area contributed by atoms with Gasteiger partial charge in [-0.2, -0.15) is 0 Å². The van der Waals surface area contributed by atoms with E-state index in [2.05, 4.69) is 47.9 Å². The number of carbonyl (C=O) groups excluding carboxylic acids is 1. The quantitative estimate of drug-likeness (QED) is 0.754. The van der Waals surface area contributed by atoms with Gasteiger partial charge in [0, 0.05) is 37.8 Å². The van der Waals surface area contributed by atoms with Gasteiger partial charge in [-0.1, -0.05) is 38.1 Å². The number of amides is 1. The minimum absolute atomic E-state index is 0.240. The minimum Gasteiger partial charge on any atom is -0.508 e. The summed E-state index contributed by atoms with van der Waals surface area (Å²) < 4.78 is 0. The molecule has 1 fully saturated rings. The summed E-state index contributed by atoms with van der Waals surface area (Å²) in [6, 6.07) is 16.2. The Bertz CT molecular complexity index is 747. The van der Waals surface area contributed by atoms with Gasteiger partial charge in [0.15, 0.2) is 0 Å². The van der Waals surface area contributed by atoms with Crippen molar-refractivity contribution in [3.05, 3.63) is 59.7 Å². The van der Waals surface area contributed by atoms with E-state index in [-0.39, 0.29) is 11.9 Å². The van der Waals surface area contributed by atoms with Crippen molar-refractivity contribution < 1.29 is 9.90 Å². The van der Waals surface area contributed by atoms with E-state index in [0.29, 0.717) is 12.2 Å². The summed E-state index contributed by atoms with van der Waals surface area (Å²) in [7, 11) is 0. The van der Waals surface area contributed by atoms with Gasteiger partial charge in [0.2, 0.25) is 5.91 Å².